The average Bonchev–Trinajstić information content (AvgIpc) is 3.06. The molecule has 0 unspecified atom stereocenters. The van der Waals surface area contributed by atoms with E-state index in [9.17, 15) is 14.7 Å². The fraction of sp³-hybridized carbons (Fsp3) is 0.818. The van der Waals surface area contributed by atoms with E-state index in [1.807, 2.05) is 0 Å². The molecule has 4 rings (SSSR count). The topological polar surface area (TPSA) is 72.8 Å². The van der Waals surface area contributed by atoms with Gasteiger partial charge in [0.25, 0.3) is 0 Å². The quantitative estimate of drug-likeness (QED) is 0.592. The third-order valence-corrected chi connectivity index (χ3v) is 7.99. The molecule has 0 bridgehead atoms. The Labute approximate surface area is 161 Å². The van der Waals surface area contributed by atoms with Crippen molar-refractivity contribution < 1.29 is 24.2 Å². The molecular weight excluding hydrogens is 344 g/mol. The van der Waals surface area contributed by atoms with Crippen molar-refractivity contribution in [1.29, 1.82) is 0 Å². The number of carbonyl (C=O) groups is 2. The SMILES string of the molecule is CC(=O)O[C@H]1C(=O)[C@H]2[C@@H]3OCC4=C3[C@@](C)(CC[C@@H]4O)CC[C@]2(C)[C@H]1C(C)C. The molecule has 0 radical (unpaired) electrons. The summed E-state index contributed by atoms with van der Waals surface area (Å²) in [6.45, 7) is 10.5. The van der Waals surface area contributed by atoms with Gasteiger partial charge >= 0.3 is 5.97 Å². The predicted octanol–water partition coefficient (Wildman–Crippen LogP) is 3.05. The van der Waals surface area contributed by atoms with Crippen molar-refractivity contribution in [3.63, 3.8) is 0 Å². The number of Topliss-reactive ketones (excluding diaryl/α,β-unsaturated/α-hetero) is 1. The smallest absolute Gasteiger partial charge is 0.303 e. The van der Waals surface area contributed by atoms with Gasteiger partial charge in [-0.2, -0.15) is 0 Å². The Hall–Kier alpha value is -1.20. The summed E-state index contributed by atoms with van der Waals surface area (Å²) in [5.41, 5.74) is 1.89. The molecule has 0 amide bonds. The fourth-order valence-electron chi connectivity index (χ4n) is 6.83. The first-order chi connectivity index (χ1) is 12.6. The summed E-state index contributed by atoms with van der Waals surface area (Å²) in [4.78, 5) is 25.3. The normalized spacial score (nSPS) is 46.3. The Morgan fingerprint density at radius 3 is 2.59 bits per heavy atom. The number of fused-ring (bicyclic) bond motifs is 2. The molecule has 2 fully saturated rings. The van der Waals surface area contributed by atoms with Crippen LogP contribution in [-0.2, 0) is 19.1 Å². The zero-order chi connectivity index (χ0) is 19.7. The first-order valence-corrected chi connectivity index (χ1v) is 10.3. The van der Waals surface area contributed by atoms with E-state index in [2.05, 4.69) is 27.7 Å². The minimum Gasteiger partial charge on any atom is -0.454 e. The van der Waals surface area contributed by atoms with Gasteiger partial charge in [0.2, 0.25) is 0 Å². The van der Waals surface area contributed by atoms with Gasteiger partial charge in [-0.1, -0.05) is 27.7 Å². The molecule has 1 N–H and O–H groups in total. The van der Waals surface area contributed by atoms with Gasteiger partial charge in [0.05, 0.1) is 24.7 Å². The van der Waals surface area contributed by atoms with E-state index in [0.29, 0.717) is 6.61 Å². The summed E-state index contributed by atoms with van der Waals surface area (Å²) in [5, 5.41) is 10.5. The van der Waals surface area contributed by atoms with Crippen molar-refractivity contribution in [2.24, 2.45) is 28.6 Å². The number of rotatable bonds is 2. The number of carbonyl (C=O) groups excluding carboxylic acids is 2. The van der Waals surface area contributed by atoms with Crippen molar-refractivity contribution >= 4 is 11.8 Å². The molecule has 3 aliphatic carbocycles. The molecule has 0 spiro atoms. The standard InChI is InChI=1S/C22H32O5/c1-11(2)15-20(27-12(3)23)18(25)17-19-16-13(10-26-19)14(24)6-7-21(16,4)8-9-22(15,17)5/h11,14-15,17,19-20,24H,6-10H2,1-5H3/t14-,15-,17-,19+,20+,21-,22+/m0/s1. The lowest BCUT2D eigenvalue weighted by Gasteiger charge is -2.39. The Balaban J connectivity index is 1.84. The van der Waals surface area contributed by atoms with Gasteiger partial charge in [0.15, 0.2) is 11.9 Å². The Morgan fingerprint density at radius 2 is 1.96 bits per heavy atom. The van der Waals surface area contributed by atoms with Gasteiger partial charge in [-0.05, 0) is 53.6 Å². The summed E-state index contributed by atoms with van der Waals surface area (Å²) < 4.78 is 11.8. The molecule has 0 aromatic rings. The molecule has 0 aromatic carbocycles. The highest BCUT2D eigenvalue weighted by Crippen LogP contribution is 2.63. The summed E-state index contributed by atoms with van der Waals surface area (Å²) >= 11 is 0. The number of aliphatic hydroxyl groups excluding tert-OH is 1. The molecule has 1 aliphatic heterocycles. The van der Waals surface area contributed by atoms with Gasteiger partial charge in [-0.3, -0.25) is 9.59 Å². The number of aliphatic hydroxyl groups is 1. The molecular formula is C22H32O5. The van der Waals surface area contributed by atoms with E-state index >= 15 is 0 Å². The van der Waals surface area contributed by atoms with Crippen molar-refractivity contribution in [2.45, 2.75) is 78.6 Å². The lowest BCUT2D eigenvalue weighted by atomic mass is 9.66. The zero-order valence-electron chi connectivity index (χ0n) is 17.1. The van der Waals surface area contributed by atoms with Crippen LogP contribution < -0.4 is 0 Å². The highest BCUT2D eigenvalue weighted by molar-refractivity contribution is 5.92. The second-order valence-electron chi connectivity index (χ2n) is 9.97. The van der Waals surface area contributed by atoms with Crippen LogP contribution in [0.3, 0.4) is 0 Å². The monoisotopic (exact) mass is 376 g/mol. The molecule has 27 heavy (non-hydrogen) atoms. The number of hydrogen-bond acceptors (Lipinski definition) is 5. The van der Waals surface area contributed by atoms with Crippen LogP contribution in [0.1, 0.15) is 60.3 Å². The van der Waals surface area contributed by atoms with E-state index in [4.69, 9.17) is 9.47 Å². The third kappa shape index (κ3) is 2.57. The van der Waals surface area contributed by atoms with Crippen LogP contribution >= 0.6 is 0 Å². The lowest BCUT2D eigenvalue weighted by molar-refractivity contribution is -0.155. The molecule has 5 nitrogen and oxygen atoms in total. The van der Waals surface area contributed by atoms with E-state index in [-0.39, 0.29) is 40.5 Å². The second kappa shape index (κ2) is 6.15. The second-order valence-corrected chi connectivity index (χ2v) is 9.97. The summed E-state index contributed by atoms with van der Waals surface area (Å²) in [7, 11) is 0. The van der Waals surface area contributed by atoms with E-state index in [1.165, 1.54) is 12.5 Å². The zero-order valence-corrected chi connectivity index (χ0v) is 17.1. The van der Waals surface area contributed by atoms with E-state index < -0.39 is 18.2 Å². The highest BCUT2D eigenvalue weighted by atomic mass is 16.5. The molecule has 5 heteroatoms. The maximum absolute atomic E-state index is 13.6. The fourth-order valence-corrected chi connectivity index (χ4v) is 6.83. The number of esters is 1. The molecule has 1 heterocycles. The van der Waals surface area contributed by atoms with Crippen LogP contribution in [0.5, 0.6) is 0 Å². The lowest BCUT2D eigenvalue weighted by Crippen LogP contribution is -2.40. The van der Waals surface area contributed by atoms with Crippen LogP contribution in [0.15, 0.2) is 11.1 Å². The van der Waals surface area contributed by atoms with Crippen LogP contribution in [0.25, 0.3) is 0 Å². The highest BCUT2D eigenvalue weighted by Gasteiger charge is 2.66. The summed E-state index contributed by atoms with van der Waals surface area (Å²) in [6, 6.07) is 0. The predicted molar refractivity (Wildman–Crippen MR) is 99.8 cm³/mol. The Morgan fingerprint density at radius 1 is 1.26 bits per heavy atom. The first-order valence-electron chi connectivity index (χ1n) is 10.3. The maximum atomic E-state index is 13.6. The average molecular weight is 376 g/mol. The number of ether oxygens (including phenoxy) is 2. The van der Waals surface area contributed by atoms with Crippen molar-refractivity contribution in [3.8, 4) is 0 Å². The van der Waals surface area contributed by atoms with Crippen LogP contribution in [0.2, 0.25) is 0 Å². The number of ketones is 1. The van der Waals surface area contributed by atoms with Gasteiger partial charge in [-0.25, -0.2) is 0 Å². The van der Waals surface area contributed by atoms with Crippen LogP contribution in [0.4, 0.5) is 0 Å². The largest absolute Gasteiger partial charge is 0.454 e. The first kappa shape index (κ1) is 19.1. The molecule has 0 saturated heterocycles. The molecule has 2 saturated carbocycles. The van der Waals surface area contributed by atoms with E-state index in [0.717, 1.165) is 31.3 Å². The maximum Gasteiger partial charge on any atom is 0.303 e. The van der Waals surface area contributed by atoms with E-state index in [1.54, 1.807) is 0 Å². The van der Waals surface area contributed by atoms with Gasteiger partial charge in [0, 0.05) is 12.8 Å². The molecule has 4 aliphatic rings. The van der Waals surface area contributed by atoms with Crippen molar-refractivity contribution in [2.75, 3.05) is 6.61 Å². The van der Waals surface area contributed by atoms with Crippen LogP contribution in [0, 0.1) is 28.6 Å². The van der Waals surface area contributed by atoms with Crippen LogP contribution in [-0.4, -0.2) is 41.8 Å². The van der Waals surface area contributed by atoms with Gasteiger partial charge < -0.3 is 14.6 Å². The van der Waals surface area contributed by atoms with Gasteiger partial charge in [-0.15, -0.1) is 0 Å². The molecule has 150 valence electrons. The molecule has 0 aromatic heterocycles. The Kier molecular flexibility index (Phi) is 4.36. The third-order valence-electron chi connectivity index (χ3n) is 7.99. The number of hydrogen-bond donors (Lipinski definition) is 1. The Bertz CT molecular complexity index is 709. The van der Waals surface area contributed by atoms with Gasteiger partial charge in [0.1, 0.15) is 0 Å². The summed E-state index contributed by atoms with van der Waals surface area (Å²) in [5.74, 6) is -0.491. The summed E-state index contributed by atoms with van der Waals surface area (Å²) in [6.07, 6.45) is 2.16. The van der Waals surface area contributed by atoms with Crippen molar-refractivity contribution in [3.05, 3.63) is 11.1 Å². The van der Waals surface area contributed by atoms with Crippen molar-refractivity contribution in [1.82, 2.24) is 0 Å². The minimum absolute atomic E-state index is 0.00876. The molecule has 7 atom stereocenters. The minimum atomic E-state index is -0.691.